The second-order valence-electron chi connectivity index (χ2n) is 8.82. The largest absolute Gasteiger partial charge is 0.626 e. The van der Waals surface area contributed by atoms with Gasteiger partial charge in [-0.2, -0.15) is 0 Å². The van der Waals surface area contributed by atoms with Crippen molar-refractivity contribution in [3.05, 3.63) is 72.2 Å². The van der Waals surface area contributed by atoms with Crippen molar-refractivity contribution in [1.82, 2.24) is 4.90 Å². The van der Waals surface area contributed by atoms with Gasteiger partial charge in [-0.25, -0.2) is 0 Å². The van der Waals surface area contributed by atoms with E-state index in [4.69, 9.17) is 14.2 Å². The number of hydroxylamine groups is 3. The molecule has 0 aromatic heterocycles. The van der Waals surface area contributed by atoms with Gasteiger partial charge in [0.2, 0.25) is 0 Å². The van der Waals surface area contributed by atoms with E-state index < -0.39 is 6.10 Å². The van der Waals surface area contributed by atoms with Gasteiger partial charge in [0, 0.05) is 45.1 Å². The Bertz CT molecular complexity index is 977. The topological polar surface area (TPSA) is 74.3 Å². The maximum absolute atomic E-state index is 13.5. The molecule has 182 valence electrons. The monoisotopic (exact) mass is 467 g/mol. The quantitative estimate of drug-likeness (QED) is 0.316. The summed E-state index contributed by atoms with van der Waals surface area (Å²) < 4.78 is 16.4. The van der Waals surface area contributed by atoms with Crippen molar-refractivity contribution in [1.29, 1.82) is 0 Å². The summed E-state index contributed by atoms with van der Waals surface area (Å²) in [6, 6.07) is 17.4. The summed E-state index contributed by atoms with van der Waals surface area (Å²) in [5.74, 6) is 0.913. The number of likely N-dealkylation sites (tertiary alicyclic amines) is 1. The number of esters is 1. The lowest BCUT2D eigenvalue weighted by Crippen LogP contribution is -2.53. The second kappa shape index (κ2) is 10.9. The number of benzene rings is 2. The minimum absolute atomic E-state index is 0.0122. The molecular formula is C26H33N3O5. The molecule has 0 spiro atoms. The molecule has 1 saturated heterocycles. The first-order chi connectivity index (χ1) is 16.5. The highest BCUT2D eigenvalue weighted by atomic mass is 16.6. The molecule has 0 aliphatic carbocycles. The number of methoxy groups -OCH3 is 1. The van der Waals surface area contributed by atoms with E-state index in [1.54, 1.807) is 13.3 Å². The average molecular weight is 468 g/mol. The highest BCUT2D eigenvalue weighted by Crippen LogP contribution is 2.31. The van der Waals surface area contributed by atoms with E-state index in [-0.39, 0.29) is 23.3 Å². The number of nitrogens with zero attached hydrogens (tertiary/aromatic N) is 3. The van der Waals surface area contributed by atoms with Crippen LogP contribution in [0, 0.1) is 5.21 Å². The van der Waals surface area contributed by atoms with Crippen molar-refractivity contribution < 1.29 is 23.7 Å². The lowest BCUT2D eigenvalue weighted by atomic mass is 10.0. The van der Waals surface area contributed by atoms with E-state index in [0.29, 0.717) is 24.7 Å². The summed E-state index contributed by atoms with van der Waals surface area (Å²) in [4.78, 5) is 15.9. The van der Waals surface area contributed by atoms with Crippen LogP contribution in [0.15, 0.2) is 67.0 Å². The number of ether oxygens (including phenoxy) is 3. The molecule has 34 heavy (non-hydrogen) atoms. The van der Waals surface area contributed by atoms with E-state index in [2.05, 4.69) is 4.90 Å². The second-order valence-corrected chi connectivity index (χ2v) is 8.82. The number of rotatable bonds is 9. The number of hydrogen-bond donors (Lipinski definition) is 0. The Hall–Kier alpha value is -3.07. The highest BCUT2D eigenvalue weighted by molar-refractivity contribution is 5.66. The van der Waals surface area contributed by atoms with E-state index in [9.17, 15) is 10.0 Å². The summed E-state index contributed by atoms with van der Waals surface area (Å²) in [7, 11) is 1.59. The van der Waals surface area contributed by atoms with E-state index in [0.717, 1.165) is 31.6 Å². The maximum atomic E-state index is 13.5. The normalized spacial score (nSPS) is 21.9. The van der Waals surface area contributed by atoms with Gasteiger partial charge in [-0.1, -0.05) is 30.3 Å². The molecule has 4 rings (SSSR count). The van der Waals surface area contributed by atoms with Gasteiger partial charge in [-0.15, -0.1) is 0 Å². The van der Waals surface area contributed by atoms with Gasteiger partial charge >= 0.3 is 5.97 Å². The van der Waals surface area contributed by atoms with Crippen molar-refractivity contribution in [3.8, 4) is 11.5 Å². The van der Waals surface area contributed by atoms with Crippen molar-refractivity contribution in [2.45, 2.75) is 31.9 Å². The van der Waals surface area contributed by atoms with Gasteiger partial charge in [0.15, 0.2) is 18.2 Å². The van der Waals surface area contributed by atoms with Crippen molar-refractivity contribution in [2.24, 2.45) is 0 Å². The Morgan fingerprint density at radius 2 is 1.76 bits per heavy atom. The zero-order chi connectivity index (χ0) is 24.0. The SMILES string of the molecule is COc1ccccc1OCC(CN1CCC([N+]2([O-])C=CN(c3ccccc3)C2)CC1)OC(C)=O. The molecule has 2 aromatic rings. The molecular weight excluding hydrogens is 434 g/mol. The van der Waals surface area contributed by atoms with Crippen LogP contribution in [0.2, 0.25) is 0 Å². The molecule has 8 heteroatoms. The minimum atomic E-state index is -0.408. The van der Waals surface area contributed by atoms with Crippen LogP contribution < -0.4 is 14.4 Å². The summed E-state index contributed by atoms with van der Waals surface area (Å²) in [6.45, 7) is 4.16. The minimum Gasteiger partial charge on any atom is -0.626 e. The number of carbonyl (C=O) groups excluding carboxylic acids is 1. The number of anilines is 1. The fourth-order valence-electron chi connectivity index (χ4n) is 4.66. The Morgan fingerprint density at radius 3 is 2.44 bits per heavy atom. The number of carbonyl (C=O) groups is 1. The predicted molar refractivity (Wildman–Crippen MR) is 130 cm³/mol. The van der Waals surface area contributed by atoms with Gasteiger partial charge < -0.3 is 24.1 Å². The van der Waals surface area contributed by atoms with Crippen molar-refractivity contribution >= 4 is 11.7 Å². The first kappa shape index (κ1) is 24.1. The van der Waals surface area contributed by atoms with Gasteiger partial charge in [0.05, 0.1) is 19.4 Å². The number of piperidine rings is 1. The van der Waals surface area contributed by atoms with Crippen LogP contribution in [0.25, 0.3) is 0 Å². The molecule has 2 unspecified atom stereocenters. The molecule has 0 radical (unpaired) electrons. The van der Waals surface area contributed by atoms with Crippen LogP contribution in [-0.4, -0.2) is 67.7 Å². The Kier molecular flexibility index (Phi) is 7.72. The molecule has 8 nitrogen and oxygen atoms in total. The highest BCUT2D eigenvalue weighted by Gasteiger charge is 2.36. The van der Waals surface area contributed by atoms with Crippen molar-refractivity contribution in [2.75, 3.05) is 44.9 Å². The van der Waals surface area contributed by atoms with Crippen molar-refractivity contribution in [3.63, 3.8) is 0 Å². The molecule has 0 amide bonds. The summed E-state index contributed by atoms with van der Waals surface area (Å²) in [5, 5.41) is 13.5. The molecule has 2 aromatic carbocycles. The van der Waals surface area contributed by atoms with Crippen LogP contribution in [0.4, 0.5) is 5.69 Å². The smallest absolute Gasteiger partial charge is 0.303 e. The summed E-state index contributed by atoms with van der Waals surface area (Å²) in [6.07, 6.45) is 4.85. The molecule has 2 heterocycles. The molecule has 2 atom stereocenters. The third-order valence-electron chi connectivity index (χ3n) is 6.42. The fraction of sp³-hybridized carbons (Fsp3) is 0.423. The molecule has 1 fully saturated rings. The van der Waals surface area contributed by atoms with E-state index in [1.165, 1.54) is 6.92 Å². The Morgan fingerprint density at radius 1 is 1.09 bits per heavy atom. The molecule has 2 aliphatic rings. The lowest BCUT2D eigenvalue weighted by Gasteiger charge is -2.47. The first-order valence-electron chi connectivity index (χ1n) is 11.7. The number of para-hydroxylation sites is 3. The number of quaternary nitrogens is 1. The molecule has 0 N–H and O–H groups in total. The van der Waals surface area contributed by atoms with Crippen LogP contribution in [0.3, 0.4) is 0 Å². The predicted octanol–water partition coefficient (Wildman–Crippen LogP) is 3.73. The molecule has 0 saturated carbocycles. The standard InChI is InChI=1S/C26H33N3O5/c1-21(30)34-24(19-33-26-11-7-6-10-25(26)32-2)18-27-14-12-23(13-15-27)29(31)17-16-28(20-29)22-8-4-3-5-9-22/h3-11,16-17,23-24H,12-15,18-20H2,1-2H3. The van der Waals surface area contributed by atoms with Crippen LogP contribution in [0.5, 0.6) is 11.5 Å². The zero-order valence-corrected chi connectivity index (χ0v) is 19.8. The Balaban J connectivity index is 1.30. The lowest BCUT2D eigenvalue weighted by molar-refractivity contribution is -0.851. The first-order valence-corrected chi connectivity index (χ1v) is 11.7. The fourth-order valence-corrected chi connectivity index (χ4v) is 4.66. The van der Waals surface area contributed by atoms with Gasteiger partial charge in [0.1, 0.15) is 18.9 Å². The number of hydrogen-bond acceptors (Lipinski definition) is 7. The Labute approximate surface area is 201 Å². The third kappa shape index (κ3) is 5.88. The average Bonchev–Trinajstić information content (AvgIpc) is 3.26. The van der Waals surface area contributed by atoms with Crippen LogP contribution in [0.1, 0.15) is 19.8 Å². The van der Waals surface area contributed by atoms with Gasteiger partial charge in [-0.3, -0.25) is 14.6 Å². The maximum Gasteiger partial charge on any atom is 0.303 e. The van der Waals surface area contributed by atoms with E-state index in [1.807, 2.05) is 65.7 Å². The van der Waals surface area contributed by atoms with Crippen LogP contribution in [-0.2, 0) is 9.53 Å². The van der Waals surface area contributed by atoms with Crippen LogP contribution >= 0.6 is 0 Å². The van der Waals surface area contributed by atoms with E-state index >= 15 is 0 Å². The van der Waals surface area contributed by atoms with Gasteiger partial charge in [-0.05, 0) is 24.3 Å². The molecule has 0 bridgehead atoms. The summed E-state index contributed by atoms with van der Waals surface area (Å²) >= 11 is 0. The zero-order valence-electron chi connectivity index (χ0n) is 19.8. The summed E-state index contributed by atoms with van der Waals surface area (Å²) in [5.41, 5.74) is 1.03. The third-order valence-corrected chi connectivity index (χ3v) is 6.42. The van der Waals surface area contributed by atoms with Gasteiger partial charge in [0.25, 0.3) is 0 Å². The molecule has 2 aliphatic heterocycles.